The van der Waals surface area contributed by atoms with E-state index < -0.39 is 0 Å². The fourth-order valence-electron chi connectivity index (χ4n) is 1.22. The van der Waals surface area contributed by atoms with Gasteiger partial charge < -0.3 is 9.52 Å². The second-order valence-electron chi connectivity index (χ2n) is 2.53. The van der Waals surface area contributed by atoms with E-state index in [0.29, 0.717) is 10.6 Å². The Morgan fingerprint density at radius 3 is 2.92 bits per heavy atom. The second kappa shape index (κ2) is 2.81. The Morgan fingerprint density at radius 1 is 1.33 bits per heavy atom. The van der Waals surface area contributed by atoms with Crippen LogP contribution in [0.2, 0.25) is 5.02 Å². The van der Waals surface area contributed by atoms with E-state index in [-0.39, 0.29) is 6.61 Å². The van der Waals surface area contributed by atoms with E-state index in [9.17, 15) is 0 Å². The summed E-state index contributed by atoms with van der Waals surface area (Å²) in [6.45, 7) is 0.00715. The minimum Gasteiger partial charge on any atom is -0.463 e. The molecule has 0 bridgehead atoms. The highest BCUT2D eigenvalue weighted by atomic mass is 35.5. The summed E-state index contributed by atoms with van der Waals surface area (Å²) in [6.07, 6.45) is 1.57. The number of halogens is 1. The van der Waals surface area contributed by atoms with Crippen LogP contribution in [0.25, 0.3) is 11.0 Å². The molecular formula is C9H7ClO2. The smallest absolute Gasteiger partial charge is 0.152 e. The lowest BCUT2D eigenvalue weighted by atomic mass is 10.1. The van der Waals surface area contributed by atoms with Crippen LogP contribution in [-0.4, -0.2) is 5.11 Å². The van der Waals surface area contributed by atoms with Crippen LogP contribution < -0.4 is 0 Å². The molecule has 2 aromatic rings. The molecule has 1 aromatic heterocycles. The van der Waals surface area contributed by atoms with Crippen molar-refractivity contribution in [2.24, 2.45) is 0 Å². The lowest BCUT2D eigenvalue weighted by Gasteiger charge is -1.98. The molecule has 12 heavy (non-hydrogen) atoms. The van der Waals surface area contributed by atoms with E-state index in [1.54, 1.807) is 24.5 Å². The average molecular weight is 183 g/mol. The van der Waals surface area contributed by atoms with Crippen LogP contribution >= 0.6 is 11.6 Å². The number of aliphatic hydroxyl groups excluding tert-OH is 1. The third-order valence-electron chi connectivity index (χ3n) is 1.83. The molecule has 1 aromatic carbocycles. The van der Waals surface area contributed by atoms with Crippen LogP contribution in [0.3, 0.4) is 0 Å². The third kappa shape index (κ3) is 1.00. The van der Waals surface area contributed by atoms with Gasteiger partial charge in [-0.05, 0) is 17.7 Å². The molecule has 0 radical (unpaired) electrons. The summed E-state index contributed by atoms with van der Waals surface area (Å²) < 4.78 is 5.15. The number of fused-ring (bicyclic) bond motifs is 1. The van der Waals surface area contributed by atoms with Gasteiger partial charge in [-0.15, -0.1) is 0 Å². The van der Waals surface area contributed by atoms with E-state index in [4.69, 9.17) is 21.1 Å². The van der Waals surface area contributed by atoms with Gasteiger partial charge >= 0.3 is 0 Å². The van der Waals surface area contributed by atoms with Crippen LogP contribution in [0.1, 0.15) is 5.56 Å². The highest BCUT2D eigenvalue weighted by Crippen LogP contribution is 2.27. The SMILES string of the molecule is OCc1ccc(Cl)c2occc12. The lowest BCUT2D eigenvalue weighted by molar-refractivity contribution is 0.283. The molecule has 0 unspecified atom stereocenters. The zero-order chi connectivity index (χ0) is 8.55. The van der Waals surface area contributed by atoms with Crippen molar-refractivity contribution >= 4 is 22.6 Å². The molecule has 0 aliphatic heterocycles. The monoisotopic (exact) mass is 182 g/mol. The molecule has 0 fully saturated rings. The molecule has 0 aliphatic carbocycles. The van der Waals surface area contributed by atoms with Crippen molar-refractivity contribution in [2.45, 2.75) is 6.61 Å². The quantitative estimate of drug-likeness (QED) is 0.736. The Kier molecular flexibility index (Phi) is 1.79. The molecule has 0 atom stereocenters. The minimum absolute atomic E-state index is 0.00715. The number of hydrogen-bond acceptors (Lipinski definition) is 2. The fraction of sp³-hybridized carbons (Fsp3) is 0.111. The maximum atomic E-state index is 8.96. The minimum atomic E-state index is 0.00715. The van der Waals surface area contributed by atoms with Gasteiger partial charge in [0, 0.05) is 5.39 Å². The zero-order valence-corrected chi connectivity index (χ0v) is 7.01. The Labute approximate surface area is 74.4 Å². The Morgan fingerprint density at radius 2 is 2.17 bits per heavy atom. The average Bonchev–Trinajstić information content (AvgIpc) is 2.54. The standard InChI is InChI=1S/C9H7ClO2/c10-8-2-1-6(5-11)7-3-4-12-9(7)8/h1-4,11H,5H2. The van der Waals surface area contributed by atoms with Crippen LogP contribution in [0.15, 0.2) is 28.9 Å². The fourth-order valence-corrected chi connectivity index (χ4v) is 1.43. The molecule has 0 spiro atoms. The van der Waals surface area contributed by atoms with Crippen molar-refractivity contribution in [2.75, 3.05) is 0 Å². The summed E-state index contributed by atoms with van der Waals surface area (Å²) in [5.74, 6) is 0. The van der Waals surface area contributed by atoms with E-state index in [1.807, 2.05) is 0 Å². The molecule has 1 N–H and O–H groups in total. The van der Waals surface area contributed by atoms with Crippen LogP contribution in [0.4, 0.5) is 0 Å². The van der Waals surface area contributed by atoms with Gasteiger partial charge in [-0.1, -0.05) is 17.7 Å². The third-order valence-corrected chi connectivity index (χ3v) is 2.13. The topological polar surface area (TPSA) is 33.4 Å². The molecule has 62 valence electrons. The van der Waals surface area contributed by atoms with Gasteiger partial charge in [0.25, 0.3) is 0 Å². The lowest BCUT2D eigenvalue weighted by Crippen LogP contribution is -1.82. The van der Waals surface area contributed by atoms with Crippen molar-refractivity contribution in [3.05, 3.63) is 35.0 Å². The van der Waals surface area contributed by atoms with E-state index in [1.165, 1.54) is 0 Å². The first-order valence-corrected chi connectivity index (χ1v) is 3.96. The summed E-state index contributed by atoms with van der Waals surface area (Å²) in [5, 5.41) is 10.4. The van der Waals surface area contributed by atoms with Crippen LogP contribution in [0, 0.1) is 0 Å². The maximum Gasteiger partial charge on any atom is 0.152 e. The predicted octanol–water partition coefficient (Wildman–Crippen LogP) is 2.58. The summed E-state index contributed by atoms with van der Waals surface area (Å²) in [5.41, 5.74) is 1.48. The molecule has 2 rings (SSSR count). The van der Waals surface area contributed by atoms with E-state index >= 15 is 0 Å². The molecule has 0 saturated carbocycles. The molecule has 0 aliphatic rings. The summed E-state index contributed by atoms with van der Waals surface area (Å²) in [4.78, 5) is 0. The van der Waals surface area contributed by atoms with Crippen molar-refractivity contribution in [1.82, 2.24) is 0 Å². The molecule has 3 heteroatoms. The number of rotatable bonds is 1. The Hall–Kier alpha value is -0.990. The predicted molar refractivity (Wildman–Crippen MR) is 47.1 cm³/mol. The highest BCUT2D eigenvalue weighted by molar-refractivity contribution is 6.34. The Balaban J connectivity index is 2.82. The van der Waals surface area contributed by atoms with Crippen molar-refractivity contribution < 1.29 is 9.52 Å². The van der Waals surface area contributed by atoms with Crippen LogP contribution in [-0.2, 0) is 6.61 Å². The van der Waals surface area contributed by atoms with Crippen LogP contribution in [0.5, 0.6) is 0 Å². The van der Waals surface area contributed by atoms with Crippen molar-refractivity contribution in [1.29, 1.82) is 0 Å². The Bertz CT molecular complexity index is 406. The number of benzene rings is 1. The van der Waals surface area contributed by atoms with E-state index in [2.05, 4.69) is 0 Å². The van der Waals surface area contributed by atoms with Gasteiger partial charge in [0.1, 0.15) is 0 Å². The molecular weight excluding hydrogens is 176 g/mol. The second-order valence-corrected chi connectivity index (χ2v) is 2.94. The molecule has 0 saturated heterocycles. The summed E-state index contributed by atoms with van der Waals surface area (Å²) in [6, 6.07) is 5.31. The van der Waals surface area contributed by atoms with Gasteiger partial charge in [-0.3, -0.25) is 0 Å². The van der Waals surface area contributed by atoms with Gasteiger partial charge in [-0.25, -0.2) is 0 Å². The molecule has 0 amide bonds. The normalized spacial score (nSPS) is 10.8. The largest absolute Gasteiger partial charge is 0.463 e. The van der Waals surface area contributed by atoms with Crippen molar-refractivity contribution in [3.8, 4) is 0 Å². The zero-order valence-electron chi connectivity index (χ0n) is 6.25. The molecule has 1 heterocycles. The molecule has 2 nitrogen and oxygen atoms in total. The first-order chi connectivity index (χ1) is 5.83. The highest BCUT2D eigenvalue weighted by Gasteiger charge is 2.05. The number of aliphatic hydroxyl groups is 1. The number of hydrogen-bond donors (Lipinski definition) is 1. The van der Waals surface area contributed by atoms with Crippen molar-refractivity contribution in [3.63, 3.8) is 0 Å². The number of furan rings is 1. The van der Waals surface area contributed by atoms with Gasteiger partial charge in [-0.2, -0.15) is 0 Å². The maximum absolute atomic E-state index is 8.96. The van der Waals surface area contributed by atoms with E-state index in [0.717, 1.165) is 10.9 Å². The summed E-state index contributed by atoms with van der Waals surface area (Å²) >= 11 is 5.85. The first-order valence-electron chi connectivity index (χ1n) is 3.58. The van der Waals surface area contributed by atoms with Gasteiger partial charge in [0.15, 0.2) is 5.58 Å². The summed E-state index contributed by atoms with van der Waals surface area (Å²) in [7, 11) is 0. The van der Waals surface area contributed by atoms with Gasteiger partial charge in [0.05, 0.1) is 17.9 Å². The first kappa shape index (κ1) is 7.65. The van der Waals surface area contributed by atoms with Gasteiger partial charge in [0.2, 0.25) is 0 Å².